The molecule has 0 spiro atoms. The van der Waals surface area contributed by atoms with Gasteiger partial charge in [-0.1, -0.05) is 12.2 Å². The topological polar surface area (TPSA) is 62.5 Å². The highest BCUT2D eigenvalue weighted by molar-refractivity contribution is 7.80. The summed E-state index contributed by atoms with van der Waals surface area (Å²) < 4.78 is 0. The summed E-state index contributed by atoms with van der Waals surface area (Å²) in [6.07, 6.45) is 2.27. The average molecular weight is 280 g/mol. The van der Waals surface area contributed by atoms with Gasteiger partial charge >= 0.3 is 0 Å². The van der Waals surface area contributed by atoms with Crippen molar-refractivity contribution in [2.24, 2.45) is 5.73 Å². The van der Waals surface area contributed by atoms with Crippen molar-refractivity contribution < 1.29 is 4.79 Å². The van der Waals surface area contributed by atoms with Gasteiger partial charge in [0.2, 0.25) is 0 Å². The van der Waals surface area contributed by atoms with Gasteiger partial charge < -0.3 is 15.5 Å². The summed E-state index contributed by atoms with van der Waals surface area (Å²) >= 11 is 4.92. The Morgan fingerprint density at radius 1 is 1.47 bits per heavy atom. The van der Waals surface area contributed by atoms with Crippen molar-refractivity contribution in [3.05, 3.63) is 24.0 Å². The number of nitrogens with zero attached hydrogens (tertiary/aromatic N) is 3. The number of anilines is 1. The molecular formula is C13H20N4OS. The molecule has 0 aliphatic heterocycles. The van der Waals surface area contributed by atoms with Crippen molar-refractivity contribution in [1.29, 1.82) is 0 Å². The van der Waals surface area contributed by atoms with Crippen LogP contribution in [0.5, 0.6) is 0 Å². The van der Waals surface area contributed by atoms with E-state index in [0.29, 0.717) is 17.1 Å². The third kappa shape index (κ3) is 4.17. The molecule has 0 aliphatic carbocycles. The molecule has 0 radical (unpaired) electrons. The number of carbonyl (C=O) groups excluding carboxylic acids is 1. The summed E-state index contributed by atoms with van der Waals surface area (Å²) in [7, 11) is 5.36. The molecule has 0 saturated heterocycles. The molecule has 2 N–H and O–H groups in total. The molecule has 0 bridgehead atoms. The molecule has 1 atom stereocenters. The molecule has 0 fully saturated rings. The first-order valence-corrected chi connectivity index (χ1v) is 6.42. The van der Waals surface area contributed by atoms with Crippen LogP contribution in [-0.2, 0) is 0 Å². The zero-order valence-corrected chi connectivity index (χ0v) is 12.6. The molecule has 0 aliphatic rings. The second kappa shape index (κ2) is 6.47. The maximum atomic E-state index is 11.9. The van der Waals surface area contributed by atoms with Gasteiger partial charge in [-0.15, -0.1) is 0 Å². The summed E-state index contributed by atoms with van der Waals surface area (Å²) in [5.74, 6) is -0.114. The maximum absolute atomic E-state index is 11.9. The predicted octanol–water partition coefficient (Wildman–Crippen LogP) is 1.28. The molecule has 6 heteroatoms. The first kappa shape index (κ1) is 15.4. The Balaban J connectivity index is 2.92. The van der Waals surface area contributed by atoms with E-state index in [1.165, 1.54) is 4.90 Å². The zero-order valence-electron chi connectivity index (χ0n) is 11.8. The first-order valence-electron chi connectivity index (χ1n) is 6.01. The fourth-order valence-corrected chi connectivity index (χ4v) is 1.91. The van der Waals surface area contributed by atoms with Crippen molar-refractivity contribution in [1.82, 2.24) is 9.88 Å². The van der Waals surface area contributed by atoms with Crippen LogP contribution in [0.25, 0.3) is 0 Å². The van der Waals surface area contributed by atoms with E-state index in [4.69, 9.17) is 18.0 Å². The molecule has 19 heavy (non-hydrogen) atoms. The Hall–Kier alpha value is -1.69. The SMILES string of the molecule is CC(CC(N)=S)N(C)c1ccnc(C(=O)N(C)C)c1. The van der Waals surface area contributed by atoms with Crippen molar-refractivity contribution >= 4 is 28.8 Å². The quantitative estimate of drug-likeness (QED) is 0.823. The molecule has 0 saturated carbocycles. The van der Waals surface area contributed by atoms with Crippen LogP contribution in [0.2, 0.25) is 0 Å². The van der Waals surface area contributed by atoms with Crippen molar-refractivity contribution in [3.8, 4) is 0 Å². The van der Waals surface area contributed by atoms with Gasteiger partial charge in [-0.25, -0.2) is 0 Å². The van der Waals surface area contributed by atoms with Crippen LogP contribution in [0.4, 0.5) is 5.69 Å². The molecular weight excluding hydrogens is 260 g/mol. The molecule has 104 valence electrons. The zero-order chi connectivity index (χ0) is 14.6. The molecule has 1 unspecified atom stereocenters. The van der Waals surface area contributed by atoms with E-state index in [1.807, 2.05) is 24.9 Å². The largest absolute Gasteiger partial charge is 0.393 e. The molecule has 5 nitrogen and oxygen atoms in total. The highest BCUT2D eigenvalue weighted by Crippen LogP contribution is 2.17. The number of pyridine rings is 1. The van der Waals surface area contributed by atoms with Gasteiger partial charge in [0, 0.05) is 45.5 Å². The minimum atomic E-state index is -0.114. The van der Waals surface area contributed by atoms with Gasteiger partial charge in [0.1, 0.15) is 5.69 Å². The normalized spacial score (nSPS) is 11.8. The Morgan fingerprint density at radius 3 is 2.63 bits per heavy atom. The monoisotopic (exact) mass is 280 g/mol. The van der Waals surface area contributed by atoms with E-state index in [2.05, 4.69) is 4.98 Å². The lowest BCUT2D eigenvalue weighted by Gasteiger charge is -2.27. The fourth-order valence-electron chi connectivity index (χ4n) is 1.67. The summed E-state index contributed by atoms with van der Waals surface area (Å²) in [4.78, 5) is 20.0. The highest BCUT2D eigenvalue weighted by atomic mass is 32.1. The van der Waals surface area contributed by atoms with E-state index in [0.717, 1.165) is 5.69 Å². The summed E-state index contributed by atoms with van der Waals surface area (Å²) in [6.45, 7) is 2.03. The smallest absolute Gasteiger partial charge is 0.272 e. The van der Waals surface area contributed by atoms with Crippen LogP contribution in [0, 0.1) is 0 Å². The van der Waals surface area contributed by atoms with Crippen LogP contribution >= 0.6 is 12.2 Å². The van der Waals surface area contributed by atoms with E-state index in [9.17, 15) is 4.79 Å². The van der Waals surface area contributed by atoms with Crippen molar-refractivity contribution in [2.75, 3.05) is 26.0 Å². The predicted molar refractivity (Wildman–Crippen MR) is 81.5 cm³/mol. The third-order valence-electron chi connectivity index (χ3n) is 2.93. The minimum Gasteiger partial charge on any atom is -0.393 e. The Bertz CT molecular complexity index is 475. The van der Waals surface area contributed by atoms with Crippen molar-refractivity contribution in [2.45, 2.75) is 19.4 Å². The highest BCUT2D eigenvalue weighted by Gasteiger charge is 2.15. The van der Waals surface area contributed by atoms with Crippen LogP contribution in [0.15, 0.2) is 18.3 Å². The third-order valence-corrected chi connectivity index (χ3v) is 3.10. The summed E-state index contributed by atoms with van der Waals surface area (Å²) in [5.41, 5.74) is 6.91. The summed E-state index contributed by atoms with van der Waals surface area (Å²) in [6, 6.07) is 3.81. The molecule has 1 amide bonds. The fraction of sp³-hybridized carbons (Fsp3) is 0.462. The number of amides is 1. The Kier molecular flexibility index (Phi) is 5.23. The van der Waals surface area contributed by atoms with E-state index in [1.54, 1.807) is 26.4 Å². The minimum absolute atomic E-state index is 0.114. The number of carbonyl (C=O) groups is 1. The Morgan fingerprint density at radius 2 is 2.11 bits per heavy atom. The lowest BCUT2D eigenvalue weighted by molar-refractivity contribution is 0.0822. The van der Waals surface area contributed by atoms with Gasteiger partial charge in [0.05, 0.1) is 4.99 Å². The van der Waals surface area contributed by atoms with Gasteiger partial charge in [0.15, 0.2) is 0 Å². The van der Waals surface area contributed by atoms with Crippen LogP contribution in [0.1, 0.15) is 23.8 Å². The van der Waals surface area contributed by atoms with Crippen molar-refractivity contribution in [3.63, 3.8) is 0 Å². The molecule has 0 aromatic carbocycles. The van der Waals surface area contributed by atoms with Gasteiger partial charge in [-0.2, -0.15) is 0 Å². The van der Waals surface area contributed by atoms with E-state index < -0.39 is 0 Å². The lowest BCUT2D eigenvalue weighted by atomic mass is 10.2. The van der Waals surface area contributed by atoms with Gasteiger partial charge in [-0.05, 0) is 19.1 Å². The van der Waals surface area contributed by atoms with Gasteiger partial charge in [0.25, 0.3) is 5.91 Å². The first-order chi connectivity index (χ1) is 8.82. The van der Waals surface area contributed by atoms with Gasteiger partial charge in [-0.3, -0.25) is 9.78 Å². The van der Waals surface area contributed by atoms with Crippen LogP contribution < -0.4 is 10.6 Å². The standard InChI is InChI=1S/C13H20N4OS/c1-9(7-12(14)19)17(4)10-5-6-15-11(8-10)13(18)16(2)3/h5-6,8-9H,7H2,1-4H3,(H2,14,19). The molecule has 1 aromatic rings. The molecule has 1 aromatic heterocycles. The molecule has 1 heterocycles. The number of rotatable bonds is 5. The number of hydrogen-bond acceptors (Lipinski definition) is 4. The summed E-state index contributed by atoms with van der Waals surface area (Å²) in [5, 5.41) is 0. The maximum Gasteiger partial charge on any atom is 0.272 e. The number of nitrogens with two attached hydrogens (primary N) is 1. The Labute approximate surface area is 119 Å². The molecule has 1 rings (SSSR count). The van der Waals surface area contributed by atoms with Crippen LogP contribution in [0.3, 0.4) is 0 Å². The number of hydrogen-bond donors (Lipinski definition) is 1. The number of thiocarbonyl (C=S) groups is 1. The average Bonchev–Trinajstić information content (AvgIpc) is 2.36. The van der Waals surface area contributed by atoms with Crippen LogP contribution in [-0.4, -0.2) is 48.0 Å². The second-order valence-corrected chi connectivity index (χ2v) is 5.25. The van der Waals surface area contributed by atoms with E-state index >= 15 is 0 Å². The van der Waals surface area contributed by atoms with E-state index in [-0.39, 0.29) is 11.9 Å². The second-order valence-electron chi connectivity index (χ2n) is 4.73. The lowest BCUT2D eigenvalue weighted by Crippen LogP contribution is -2.32. The number of aromatic nitrogens is 1.